The van der Waals surface area contributed by atoms with Crippen LogP contribution in [-0.4, -0.2) is 43.8 Å². The van der Waals surface area contributed by atoms with Crippen molar-refractivity contribution in [1.82, 2.24) is 9.29 Å². The summed E-state index contributed by atoms with van der Waals surface area (Å²) >= 11 is 0. The van der Waals surface area contributed by atoms with E-state index >= 15 is 0 Å². The highest BCUT2D eigenvalue weighted by molar-refractivity contribution is 7.89. The summed E-state index contributed by atoms with van der Waals surface area (Å²) < 4.78 is 33.3. The molecular weight excluding hydrogens is 438 g/mol. The van der Waals surface area contributed by atoms with Crippen LogP contribution in [0.2, 0.25) is 0 Å². The molecule has 1 amide bonds. The van der Waals surface area contributed by atoms with E-state index in [-0.39, 0.29) is 10.8 Å². The van der Waals surface area contributed by atoms with Crippen LogP contribution in [0.3, 0.4) is 0 Å². The number of aryl methyl sites for hydroxylation is 1. The van der Waals surface area contributed by atoms with E-state index in [1.165, 1.54) is 23.5 Å². The van der Waals surface area contributed by atoms with Crippen molar-refractivity contribution in [3.8, 4) is 5.75 Å². The molecule has 0 atom stereocenters. The third kappa shape index (κ3) is 4.45. The zero-order chi connectivity index (χ0) is 23.6. The van der Waals surface area contributed by atoms with E-state index in [0.717, 1.165) is 41.4 Å². The Morgan fingerprint density at radius 2 is 1.85 bits per heavy atom. The summed E-state index contributed by atoms with van der Waals surface area (Å²) in [6, 6.07) is 12.1. The average Bonchev–Trinajstić information content (AvgIpc) is 2.84. The number of methoxy groups -OCH3 is 1. The fourth-order valence-corrected chi connectivity index (χ4v) is 5.92. The summed E-state index contributed by atoms with van der Waals surface area (Å²) in [5, 5.41) is 3.65. The maximum Gasteiger partial charge on any atom is 0.256 e. The minimum atomic E-state index is -3.65. The lowest BCUT2D eigenvalue weighted by molar-refractivity contribution is 0.102. The van der Waals surface area contributed by atoms with Gasteiger partial charge >= 0.3 is 0 Å². The van der Waals surface area contributed by atoms with E-state index in [0.29, 0.717) is 36.5 Å². The highest BCUT2D eigenvalue weighted by atomic mass is 32.2. The number of anilines is 1. The Labute approximate surface area is 194 Å². The molecule has 33 heavy (non-hydrogen) atoms. The second-order valence-corrected chi connectivity index (χ2v) is 10.1. The summed E-state index contributed by atoms with van der Waals surface area (Å²) in [6.45, 7) is 4.92. The summed E-state index contributed by atoms with van der Waals surface area (Å²) in [5.41, 5.74) is 3.26. The first-order valence-electron chi connectivity index (χ1n) is 11.2. The zero-order valence-corrected chi connectivity index (χ0v) is 20.0. The van der Waals surface area contributed by atoms with Gasteiger partial charge in [0.25, 0.3) is 5.91 Å². The molecule has 4 rings (SSSR count). The molecule has 2 heterocycles. The van der Waals surface area contributed by atoms with Crippen LogP contribution in [-0.2, 0) is 16.4 Å². The van der Waals surface area contributed by atoms with E-state index in [1.807, 2.05) is 38.1 Å². The van der Waals surface area contributed by atoms with Crippen LogP contribution in [0.4, 0.5) is 5.69 Å². The fourth-order valence-electron chi connectivity index (χ4n) is 4.38. The number of ether oxygens (including phenoxy) is 1. The highest BCUT2D eigenvalue weighted by Crippen LogP contribution is 2.31. The van der Waals surface area contributed by atoms with Crippen LogP contribution >= 0.6 is 0 Å². The van der Waals surface area contributed by atoms with Crippen LogP contribution < -0.4 is 10.1 Å². The van der Waals surface area contributed by atoms with E-state index in [2.05, 4.69) is 10.3 Å². The molecule has 1 saturated heterocycles. The Kier molecular flexibility index (Phi) is 6.67. The number of carbonyl (C=O) groups excluding carboxylic acids is 1. The molecule has 0 unspecified atom stereocenters. The van der Waals surface area contributed by atoms with Gasteiger partial charge in [0.05, 0.1) is 28.8 Å². The van der Waals surface area contributed by atoms with Crippen molar-refractivity contribution in [1.29, 1.82) is 0 Å². The first-order valence-corrected chi connectivity index (χ1v) is 12.7. The number of nitrogens with one attached hydrogen (secondary N) is 1. The maximum atomic E-state index is 13.5. The summed E-state index contributed by atoms with van der Waals surface area (Å²) in [7, 11) is -2.15. The van der Waals surface area contributed by atoms with Crippen molar-refractivity contribution in [2.45, 2.75) is 44.4 Å². The number of aromatic nitrogens is 1. The SMILES string of the molecule is CCc1nc2ccccc2c(C(=O)Nc2cc(S(=O)(=O)N3CCCCC3)ccc2OC)c1C. The number of pyridine rings is 1. The Morgan fingerprint density at radius 1 is 1.12 bits per heavy atom. The van der Waals surface area contributed by atoms with Gasteiger partial charge in [-0.2, -0.15) is 4.31 Å². The monoisotopic (exact) mass is 467 g/mol. The lowest BCUT2D eigenvalue weighted by Gasteiger charge is -2.26. The van der Waals surface area contributed by atoms with Crippen molar-refractivity contribution >= 4 is 32.5 Å². The number of para-hydroxylation sites is 1. The quantitative estimate of drug-likeness (QED) is 0.575. The molecule has 0 bridgehead atoms. The second kappa shape index (κ2) is 9.49. The van der Waals surface area contributed by atoms with Gasteiger partial charge in [-0.1, -0.05) is 31.5 Å². The molecule has 1 fully saturated rings. The lowest BCUT2D eigenvalue weighted by atomic mass is 9.99. The number of piperidine rings is 1. The Hall–Kier alpha value is -2.97. The first-order chi connectivity index (χ1) is 15.9. The second-order valence-electron chi connectivity index (χ2n) is 8.21. The smallest absolute Gasteiger partial charge is 0.256 e. The van der Waals surface area contributed by atoms with Crippen molar-refractivity contribution < 1.29 is 17.9 Å². The van der Waals surface area contributed by atoms with E-state index in [9.17, 15) is 13.2 Å². The van der Waals surface area contributed by atoms with Crippen LogP contribution in [0.15, 0.2) is 47.4 Å². The number of hydrogen-bond donors (Lipinski definition) is 1. The van der Waals surface area contributed by atoms with Gasteiger partial charge in [-0.15, -0.1) is 0 Å². The topological polar surface area (TPSA) is 88.6 Å². The molecule has 3 aromatic rings. The molecule has 0 radical (unpaired) electrons. The van der Waals surface area contributed by atoms with Gasteiger partial charge in [-0.05, 0) is 56.0 Å². The molecule has 1 aromatic heterocycles. The molecule has 7 nitrogen and oxygen atoms in total. The predicted octanol–water partition coefficient (Wildman–Crippen LogP) is 4.54. The molecule has 1 aliphatic heterocycles. The zero-order valence-electron chi connectivity index (χ0n) is 19.2. The van der Waals surface area contributed by atoms with Crippen molar-refractivity contribution in [2.75, 3.05) is 25.5 Å². The van der Waals surface area contributed by atoms with E-state index in [4.69, 9.17) is 4.74 Å². The molecule has 0 spiro atoms. The number of hydrogen-bond acceptors (Lipinski definition) is 5. The van der Waals surface area contributed by atoms with Gasteiger partial charge in [0.1, 0.15) is 5.75 Å². The Morgan fingerprint density at radius 3 is 2.55 bits per heavy atom. The normalized spacial score (nSPS) is 14.9. The van der Waals surface area contributed by atoms with Gasteiger partial charge in [0.2, 0.25) is 10.0 Å². The summed E-state index contributed by atoms with van der Waals surface area (Å²) in [4.78, 5) is 18.3. The number of benzene rings is 2. The minimum Gasteiger partial charge on any atom is -0.495 e. The lowest BCUT2D eigenvalue weighted by Crippen LogP contribution is -2.35. The number of amides is 1. The number of fused-ring (bicyclic) bond motifs is 1. The van der Waals surface area contributed by atoms with Gasteiger partial charge in [0.15, 0.2) is 0 Å². The van der Waals surface area contributed by atoms with Crippen molar-refractivity contribution in [2.24, 2.45) is 0 Å². The summed E-state index contributed by atoms with van der Waals surface area (Å²) in [5.74, 6) is 0.0688. The molecule has 0 saturated carbocycles. The minimum absolute atomic E-state index is 0.144. The third-order valence-corrected chi connectivity index (χ3v) is 8.07. The summed E-state index contributed by atoms with van der Waals surface area (Å²) in [6.07, 6.45) is 3.44. The van der Waals surface area contributed by atoms with E-state index in [1.54, 1.807) is 6.07 Å². The van der Waals surface area contributed by atoms with E-state index < -0.39 is 10.0 Å². The van der Waals surface area contributed by atoms with Crippen LogP contribution in [0.25, 0.3) is 10.9 Å². The predicted molar refractivity (Wildman–Crippen MR) is 129 cm³/mol. The average molecular weight is 468 g/mol. The van der Waals surface area contributed by atoms with Crippen LogP contribution in [0, 0.1) is 6.92 Å². The maximum absolute atomic E-state index is 13.5. The Bertz CT molecular complexity index is 1300. The molecular formula is C25H29N3O4S. The van der Waals surface area contributed by atoms with Crippen molar-refractivity contribution in [3.05, 3.63) is 59.3 Å². The highest BCUT2D eigenvalue weighted by Gasteiger charge is 2.27. The molecule has 0 aliphatic carbocycles. The largest absolute Gasteiger partial charge is 0.495 e. The van der Waals surface area contributed by atoms with Crippen LogP contribution in [0.1, 0.15) is 47.8 Å². The van der Waals surface area contributed by atoms with Gasteiger partial charge in [-0.25, -0.2) is 8.42 Å². The number of rotatable bonds is 6. The standard InChI is InChI=1S/C25H29N3O4S/c1-4-20-17(2)24(19-10-6-7-11-21(19)26-20)25(29)27-22-16-18(12-13-23(22)32-3)33(30,31)28-14-8-5-9-15-28/h6-7,10-13,16H,4-5,8-9,14-15H2,1-3H3,(H,27,29). The molecule has 1 N–H and O–H groups in total. The number of carbonyl (C=O) groups is 1. The number of sulfonamides is 1. The molecule has 8 heteroatoms. The Balaban J connectivity index is 1.74. The van der Waals surface area contributed by atoms with Crippen LogP contribution in [0.5, 0.6) is 5.75 Å². The van der Waals surface area contributed by atoms with Gasteiger partial charge in [-0.3, -0.25) is 9.78 Å². The third-order valence-electron chi connectivity index (χ3n) is 6.17. The molecule has 2 aromatic carbocycles. The molecule has 1 aliphatic rings. The molecule has 174 valence electrons. The fraction of sp³-hybridized carbons (Fsp3) is 0.360. The number of nitrogens with zero attached hydrogens (tertiary/aromatic N) is 2. The van der Waals surface area contributed by atoms with Gasteiger partial charge in [0, 0.05) is 24.2 Å². The first kappa shape index (κ1) is 23.2. The van der Waals surface area contributed by atoms with Crippen molar-refractivity contribution in [3.63, 3.8) is 0 Å². The van der Waals surface area contributed by atoms with Gasteiger partial charge < -0.3 is 10.1 Å².